The van der Waals surface area contributed by atoms with Gasteiger partial charge in [0.15, 0.2) is 5.15 Å². The van der Waals surface area contributed by atoms with Gasteiger partial charge in [-0.1, -0.05) is 17.7 Å². The first-order chi connectivity index (χ1) is 11.7. The van der Waals surface area contributed by atoms with Crippen molar-refractivity contribution in [3.05, 3.63) is 34.7 Å². The number of benzene rings is 1. The van der Waals surface area contributed by atoms with E-state index >= 15 is 0 Å². The third kappa shape index (κ3) is 3.56. The number of fused-ring (bicyclic) bond motifs is 3. The van der Waals surface area contributed by atoms with Gasteiger partial charge in [-0.25, -0.2) is 9.97 Å². The van der Waals surface area contributed by atoms with Crippen molar-refractivity contribution in [2.24, 2.45) is 5.73 Å². The van der Waals surface area contributed by atoms with Crippen LogP contribution in [0.15, 0.2) is 18.2 Å². The zero-order valence-electron chi connectivity index (χ0n) is 13.7. The molecule has 0 amide bonds. The molecular weight excluding hydrogens is 355 g/mol. The molecule has 5 nitrogen and oxygen atoms in total. The molecule has 9 heteroatoms. The summed E-state index contributed by atoms with van der Waals surface area (Å²) in [4.78, 5) is 10.3. The largest absolute Gasteiger partial charge is 0.406 e. The van der Waals surface area contributed by atoms with E-state index in [0.717, 1.165) is 10.1 Å². The molecule has 0 aliphatic rings. The highest BCUT2D eigenvalue weighted by atomic mass is 35.5. The third-order valence-corrected chi connectivity index (χ3v) is 4.05. The SMILES string of the molecule is CN(C)Cc1ccc2c(c1)c1nc(CN)nc(Cl)c1n2CC(F)(F)F. The third-order valence-electron chi connectivity index (χ3n) is 3.78. The van der Waals surface area contributed by atoms with Crippen molar-refractivity contribution < 1.29 is 13.2 Å². The predicted molar refractivity (Wildman–Crippen MR) is 91.4 cm³/mol. The number of halogens is 4. The van der Waals surface area contributed by atoms with Crippen LogP contribution in [0.2, 0.25) is 5.15 Å². The first kappa shape index (κ1) is 17.9. The van der Waals surface area contributed by atoms with Crippen LogP contribution in [-0.4, -0.2) is 39.7 Å². The lowest BCUT2D eigenvalue weighted by molar-refractivity contribution is -0.139. The minimum Gasteiger partial charge on any atom is -0.327 e. The van der Waals surface area contributed by atoms with Crippen LogP contribution in [0.1, 0.15) is 11.4 Å². The summed E-state index contributed by atoms with van der Waals surface area (Å²) in [5.41, 5.74) is 7.53. The molecule has 0 saturated heterocycles. The highest BCUT2D eigenvalue weighted by molar-refractivity contribution is 6.34. The second-order valence-electron chi connectivity index (χ2n) is 6.12. The molecule has 3 rings (SSSR count). The average Bonchev–Trinajstić information content (AvgIpc) is 2.79. The number of hydrogen-bond acceptors (Lipinski definition) is 4. The number of alkyl halides is 3. The van der Waals surface area contributed by atoms with Crippen LogP contribution in [0.25, 0.3) is 21.9 Å². The van der Waals surface area contributed by atoms with E-state index in [4.69, 9.17) is 17.3 Å². The van der Waals surface area contributed by atoms with Crippen molar-refractivity contribution in [1.29, 1.82) is 0 Å². The Labute approximate surface area is 147 Å². The van der Waals surface area contributed by atoms with Gasteiger partial charge in [0, 0.05) is 11.9 Å². The van der Waals surface area contributed by atoms with Crippen LogP contribution in [0, 0.1) is 0 Å². The van der Waals surface area contributed by atoms with Crippen LogP contribution >= 0.6 is 11.6 Å². The zero-order chi connectivity index (χ0) is 18.4. The van der Waals surface area contributed by atoms with Crippen LogP contribution in [0.3, 0.4) is 0 Å². The fourth-order valence-electron chi connectivity index (χ4n) is 2.92. The van der Waals surface area contributed by atoms with Gasteiger partial charge in [-0.15, -0.1) is 0 Å². The van der Waals surface area contributed by atoms with Gasteiger partial charge in [-0.2, -0.15) is 13.2 Å². The minimum atomic E-state index is -4.39. The molecule has 25 heavy (non-hydrogen) atoms. The summed E-state index contributed by atoms with van der Waals surface area (Å²) in [6, 6.07) is 5.31. The van der Waals surface area contributed by atoms with Gasteiger partial charge in [0.25, 0.3) is 0 Å². The summed E-state index contributed by atoms with van der Waals surface area (Å²) >= 11 is 6.17. The fraction of sp³-hybridized carbons (Fsp3) is 0.375. The normalized spacial score (nSPS) is 12.6. The summed E-state index contributed by atoms with van der Waals surface area (Å²) in [5.74, 6) is 0.293. The molecule has 0 aliphatic heterocycles. The Bertz CT molecular complexity index is 933. The van der Waals surface area contributed by atoms with Gasteiger partial charge in [0.2, 0.25) is 0 Å². The molecule has 0 radical (unpaired) electrons. The predicted octanol–water partition coefficient (Wildman–Crippen LogP) is 3.32. The lowest BCUT2D eigenvalue weighted by Gasteiger charge is -2.12. The topological polar surface area (TPSA) is 60.0 Å². The van der Waals surface area contributed by atoms with Crippen molar-refractivity contribution in [3.63, 3.8) is 0 Å². The molecule has 0 saturated carbocycles. The van der Waals surface area contributed by atoms with Crippen LogP contribution < -0.4 is 5.73 Å². The number of aromatic nitrogens is 3. The molecule has 0 bridgehead atoms. The fourth-order valence-corrected chi connectivity index (χ4v) is 3.21. The second kappa shape index (κ2) is 6.44. The molecule has 2 heterocycles. The monoisotopic (exact) mass is 371 g/mol. The molecule has 0 fully saturated rings. The highest BCUT2D eigenvalue weighted by Crippen LogP contribution is 2.34. The first-order valence-electron chi connectivity index (χ1n) is 7.58. The summed E-state index contributed by atoms with van der Waals surface area (Å²) < 4.78 is 40.3. The van der Waals surface area contributed by atoms with Gasteiger partial charge >= 0.3 is 6.18 Å². The van der Waals surface area contributed by atoms with Crippen LogP contribution in [0.4, 0.5) is 13.2 Å². The second-order valence-corrected chi connectivity index (χ2v) is 6.48. The summed E-state index contributed by atoms with van der Waals surface area (Å²) in [7, 11) is 3.84. The van der Waals surface area contributed by atoms with Crippen LogP contribution in [0.5, 0.6) is 0 Å². The molecule has 2 N–H and O–H groups in total. The summed E-state index contributed by atoms with van der Waals surface area (Å²) in [6.07, 6.45) is -4.39. The van der Waals surface area contributed by atoms with Crippen molar-refractivity contribution in [2.75, 3.05) is 14.1 Å². The molecule has 3 aromatic rings. The van der Waals surface area contributed by atoms with Gasteiger partial charge in [0.1, 0.15) is 23.4 Å². The Kier molecular flexibility index (Phi) is 4.61. The molecule has 0 atom stereocenters. The Balaban J connectivity index is 2.34. The Morgan fingerprint density at radius 2 is 1.96 bits per heavy atom. The zero-order valence-corrected chi connectivity index (χ0v) is 14.5. The Hall–Kier alpha value is -1.90. The minimum absolute atomic E-state index is 0.0277. The van der Waals surface area contributed by atoms with Gasteiger partial charge < -0.3 is 15.2 Å². The molecule has 1 aromatic carbocycles. The summed E-state index contributed by atoms with van der Waals surface area (Å²) in [5, 5.41) is 0.581. The number of nitrogens with two attached hydrogens (primary N) is 1. The van der Waals surface area contributed by atoms with Crippen molar-refractivity contribution in [3.8, 4) is 0 Å². The van der Waals surface area contributed by atoms with E-state index in [-0.39, 0.29) is 17.2 Å². The maximum atomic E-state index is 13.1. The molecule has 2 aromatic heterocycles. The van der Waals surface area contributed by atoms with E-state index in [2.05, 4.69) is 9.97 Å². The van der Waals surface area contributed by atoms with Crippen molar-refractivity contribution in [2.45, 2.75) is 25.8 Å². The lowest BCUT2D eigenvalue weighted by Crippen LogP contribution is -2.18. The maximum absolute atomic E-state index is 13.1. The quantitative estimate of drug-likeness (QED) is 0.715. The van der Waals surface area contributed by atoms with E-state index < -0.39 is 12.7 Å². The molecule has 0 unspecified atom stereocenters. The molecular formula is C16H17ClF3N5. The maximum Gasteiger partial charge on any atom is 0.406 e. The van der Waals surface area contributed by atoms with E-state index in [9.17, 15) is 13.2 Å². The number of nitrogens with zero attached hydrogens (tertiary/aromatic N) is 4. The van der Waals surface area contributed by atoms with Gasteiger partial charge in [0.05, 0.1) is 12.1 Å². The van der Waals surface area contributed by atoms with Crippen molar-refractivity contribution >= 4 is 33.5 Å². The van der Waals surface area contributed by atoms with Gasteiger partial charge in [-0.05, 0) is 31.8 Å². The number of rotatable bonds is 4. The van der Waals surface area contributed by atoms with E-state index in [1.807, 2.05) is 25.1 Å². The van der Waals surface area contributed by atoms with E-state index in [1.54, 1.807) is 12.1 Å². The lowest BCUT2D eigenvalue weighted by atomic mass is 10.1. The highest BCUT2D eigenvalue weighted by Gasteiger charge is 2.31. The van der Waals surface area contributed by atoms with Gasteiger partial charge in [-0.3, -0.25) is 0 Å². The average molecular weight is 372 g/mol. The van der Waals surface area contributed by atoms with Crippen LogP contribution in [-0.2, 0) is 19.6 Å². The summed E-state index contributed by atoms with van der Waals surface area (Å²) in [6.45, 7) is -0.450. The molecule has 134 valence electrons. The smallest absolute Gasteiger partial charge is 0.327 e. The first-order valence-corrected chi connectivity index (χ1v) is 7.96. The standard InChI is InChI=1S/C16H17ClF3N5/c1-24(2)7-9-3-4-11-10(5-9)13-14(25(11)8-16(18,19)20)15(17)23-12(6-21)22-13/h3-5H,6-8,21H2,1-2H3. The Morgan fingerprint density at radius 1 is 1.24 bits per heavy atom. The molecule has 0 spiro atoms. The Morgan fingerprint density at radius 3 is 2.56 bits per heavy atom. The number of hydrogen-bond donors (Lipinski definition) is 1. The molecule has 0 aliphatic carbocycles. The van der Waals surface area contributed by atoms with Crippen molar-refractivity contribution in [1.82, 2.24) is 19.4 Å². The van der Waals surface area contributed by atoms with E-state index in [0.29, 0.717) is 28.8 Å². The van der Waals surface area contributed by atoms with E-state index in [1.165, 1.54) is 0 Å².